The number of aryl methyl sites for hydroxylation is 1. The number of ether oxygens (including phenoxy) is 2. The monoisotopic (exact) mass is 430 g/mol. The van der Waals surface area contributed by atoms with Crippen molar-refractivity contribution < 1.29 is 18.6 Å². The topological polar surface area (TPSA) is 24.5 Å². The van der Waals surface area contributed by atoms with Crippen LogP contribution in [0.2, 0.25) is 0 Å². The van der Waals surface area contributed by atoms with Gasteiger partial charge in [-0.25, -0.2) is 0 Å². The molecule has 4 heteroatoms. The van der Waals surface area contributed by atoms with E-state index in [1.165, 1.54) is 5.56 Å². The molecule has 0 saturated heterocycles. The van der Waals surface area contributed by atoms with Crippen molar-refractivity contribution in [1.29, 1.82) is 0 Å². The second-order valence-electron chi connectivity index (χ2n) is 8.72. The SMILES string of the molecule is Cc1cccc2c1OC13Oc4c(cccc4Cc4ccccc4[N+]1=C2)C=[N+]3c1ccccc1. The smallest absolute Gasteiger partial charge is 0.340 e. The first-order valence-corrected chi connectivity index (χ1v) is 11.2. The maximum absolute atomic E-state index is 6.95. The molecule has 0 radical (unpaired) electrons. The second kappa shape index (κ2) is 6.66. The van der Waals surface area contributed by atoms with E-state index in [4.69, 9.17) is 9.47 Å². The van der Waals surface area contributed by atoms with Gasteiger partial charge in [-0.15, -0.1) is 0 Å². The van der Waals surface area contributed by atoms with Gasteiger partial charge in [0, 0.05) is 35.7 Å². The first-order valence-electron chi connectivity index (χ1n) is 11.2. The van der Waals surface area contributed by atoms with E-state index >= 15 is 0 Å². The molecule has 0 aliphatic carbocycles. The van der Waals surface area contributed by atoms with Crippen molar-refractivity contribution in [3.8, 4) is 11.5 Å². The molecule has 4 nitrogen and oxygen atoms in total. The summed E-state index contributed by atoms with van der Waals surface area (Å²) in [6.07, 6.45) is 5.10. The zero-order valence-corrected chi connectivity index (χ0v) is 18.2. The van der Waals surface area contributed by atoms with Crippen LogP contribution in [0.1, 0.15) is 27.8 Å². The van der Waals surface area contributed by atoms with Gasteiger partial charge in [0.25, 0.3) is 0 Å². The van der Waals surface area contributed by atoms with Gasteiger partial charge in [0.2, 0.25) is 11.4 Å². The summed E-state index contributed by atoms with van der Waals surface area (Å²) >= 11 is 0. The fraction of sp³-hybridized carbons (Fsp3) is 0.103. The van der Waals surface area contributed by atoms with Gasteiger partial charge in [0.05, 0.1) is 11.1 Å². The summed E-state index contributed by atoms with van der Waals surface area (Å²) in [4.78, 5) is 0. The van der Waals surface area contributed by atoms with E-state index in [9.17, 15) is 0 Å². The summed E-state index contributed by atoms with van der Waals surface area (Å²) < 4.78 is 18.1. The fourth-order valence-electron chi connectivity index (χ4n) is 5.08. The Hall–Kier alpha value is -4.18. The van der Waals surface area contributed by atoms with E-state index in [-0.39, 0.29) is 0 Å². The van der Waals surface area contributed by atoms with Crippen LogP contribution in [0.15, 0.2) is 91.0 Å². The molecule has 0 aromatic heterocycles. The predicted octanol–water partition coefficient (Wildman–Crippen LogP) is 5.52. The first-order chi connectivity index (χ1) is 16.2. The number of benzene rings is 4. The average Bonchev–Trinajstić information content (AvgIpc) is 2.84. The maximum atomic E-state index is 6.95. The van der Waals surface area contributed by atoms with Crippen molar-refractivity contribution in [3.63, 3.8) is 0 Å². The number of nitrogens with zero attached hydrogens (tertiary/aromatic N) is 2. The van der Waals surface area contributed by atoms with Gasteiger partial charge >= 0.3 is 6.03 Å². The van der Waals surface area contributed by atoms with E-state index in [2.05, 4.69) is 101 Å². The summed E-state index contributed by atoms with van der Waals surface area (Å²) in [5.41, 5.74) is 7.59. The summed E-state index contributed by atoms with van der Waals surface area (Å²) in [5.74, 6) is 1.71. The fourth-order valence-corrected chi connectivity index (χ4v) is 5.08. The van der Waals surface area contributed by atoms with Crippen LogP contribution in [0.4, 0.5) is 11.4 Å². The lowest BCUT2D eigenvalue weighted by molar-refractivity contribution is -0.856. The Balaban J connectivity index is 1.63. The zero-order valence-electron chi connectivity index (χ0n) is 18.2. The van der Waals surface area contributed by atoms with Gasteiger partial charge in [0.1, 0.15) is 0 Å². The van der Waals surface area contributed by atoms with Crippen molar-refractivity contribution in [2.45, 2.75) is 19.4 Å². The third-order valence-corrected chi connectivity index (χ3v) is 6.65. The molecule has 4 aromatic carbocycles. The quantitative estimate of drug-likeness (QED) is 0.371. The molecule has 1 spiro atoms. The predicted molar refractivity (Wildman–Crippen MR) is 127 cm³/mol. The largest absolute Gasteiger partial charge is 0.714 e. The van der Waals surface area contributed by atoms with Crippen LogP contribution in [0, 0.1) is 6.92 Å². The van der Waals surface area contributed by atoms with Gasteiger partial charge < -0.3 is 9.47 Å². The summed E-state index contributed by atoms with van der Waals surface area (Å²) in [5, 5.41) is 0. The van der Waals surface area contributed by atoms with Gasteiger partial charge in [0.15, 0.2) is 23.9 Å². The molecule has 3 aliphatic rings. The van der Waals surface area contributed by atoms with Crippen LogP contribution in [-0.2, 0) is 6.42 Å². The van der Waals surface area contributed by atoms with Crippen LogP contribution < -0.4 is 9.47 Å². The van der Waals surface area contributed by atoms with E-state index in [1.54, 1.807) is 0 Å². The van der Waals surface area contributed by atoms with E-state index < -0.39 is 6.03 Å². The number of hydrogen-bond donors (Lipinski definition) is 0. The highest BCUT2D eigenvalue weighted by atomic mass is 16.7. The van der Waals surface area contributed by atoms with Gasteiger partial charge in [-0.2, -0.15) is 0 Å². The minimum atomic E-state index is -1.24. The highest BCUT2D eigenvalue weighted by Gasteiger charge is 2.67. The molecule has 0 fully saturated rings. The van der Waals surface area contributed by atoms with Crippen molar-refractivity contribution in [2.75, 3.05) is 0 Å². The molecule has 7 rings (SSSR count). The van der Waals surface area contributed by atoms with Crippen LogP contribution >= 0.6 is 0 Å². The van der Waals surface area contributed by atoms with Crippen LogP contribution in [-0.4, -0.2) is 27.6 Å². The minimum Gasteiger partial charge on any atom is -0.340 e. The molecule has 33 heavy (non-hydrogen) atoms. The van der Waals surface area contributed by atoms with Crippen LogP contribution in [0.5, 0.6) is 11.5 Å². The number of hydrogen-bond acceptors (Lipinski definition) is 2. The van der Waals surface area contributed by atoms with E-state index in [1.807, 2.05) is 18.2 Å². The van der Waals surface area contributed by atoms with Crippen molar-refractivity contribution in [1.82, 2.24) is 0 Å². The Morgan fingerprint density at radius 3 is 2.18 bits per heavy atom. The molecule has 158 valence electrons. The number of rotatable bonds is 1. The molecule has 1 unspecified atom stereocenters. The minimum absolute atomic E-state index is 0.791. The zero-order chi connectivity index (χ0) is 22.0. The molecule has 0 amide bonds. The molecule has 0 N–H and O–H groups in total. The molecule has 0 saturated carbocycles. The first kappa shape index (κ1) is 18.4. The Kier molecular flexibility index (Phi) is 3.71. The Bertz CT molecular complexity index is 1500. The highest BCUT2D eigenvalue weighted by molar-refractivity contribution is 5.85. The molecule has 2 bridgehead atoms. The van der Waals surface area contributed by atoms with Crippen LogP contribution in [0.25, 0.3) is 0 Å². The highest BCUT2D eigenvalue weighted by Crippen LogP contribution is 2.45. The second-order valence-corrected chi connectivity index (χ2v) is 8.72. The Morgan fingerprint density at radius 1 is 0.636 bits per heavy atom. The summed E-state index contributed by atoms with van der Waals surface area (Å²) in [7, 11) is 0. The molecule has 1 atom stereocenters. The van der Waals surface area contributed by atoms with Crippen LogP contribution in [0.3, 0.4) is 0 Å². The van der Waals surface area contributed by atoms with Crippen molar-refractivity contribution in [2.24, 2.45) is 0 Å². The lowest BCUT2D eigenvalue weighted by Crippen LogP contribution is -2.62. The van der Waals surface area contributed by atoms with Crippen molar-refractivity contribution in [3.05, 3.63) is 119 Å². The Morgan fingerprint density at radius 2 is 1.30 bits per heavy atom. The molecular weight excluding hydrogens is 408 g/mol. The third-order valence-electron chi connectivity index (χ3n) is 6.65. The molecular formula is C29H22N2O2+2. The van der Waals surface area contributed by atoms with Gasteiger partial charge in [-0.1, -0.05) is 69.8 Å². The maximum Gasteiger partial charge on any atom is 0.714 e. The van der Waals surface area contributed by atoms with Gasteiger partial charge in [-0.05, 0) is 24.6 Å². The molecule has 3 heterocycles. The summed E-state index contributed by atoms with van der Waals surface area (Å²) in [6, 6.07) is 30.1. The number of para-hydroxylation sites is 4. The summed E-state index contributed by atoms with van der Waals surface area (Å²) in [6.45, 7) is 2.08. The number of fused-ring (bicyclic) bond motifs is 3. The lowest BCUT2D eigenvalue weighted by Gasteiger charge is -2.33. The normalized spacial score (nSPS) is 19.3. The standard InChI is InChI=1S/C29H22N2O2/c1-20-9-7-12-23-19-31-26-16-6-5-10-21(26)17-22-11-8-13-24-18-30(25-14-3-2-4-15-25)29(31,32-27(20)23)33-28(22)24/h2-16,18-19H,17H2,1H3/q+2. The van der Waals surface area contributed by atoms with E-state index in [0.29, 0.717) is 0 Å². The average molecular weight is 431 g/mol. The third kappa shape index (κ3) is 2.58. The lowest BCUT2D eigenvalue weighted by atomic mass is 9.97. The van der Waals surface area contributed by atoms with Crippen molar-refractivity contribution >= 4 is 23.8 Å². The molecule has 4 aromatic rings. The van der Waals surface area contributed by atoms with E-state index in [0.717, 1.165) is 51.5 Å². The van der Waals surface area contributed by atoms with Gasteiger partial charge in [-0.3, -0.25) is 0 Å². The Labute approximate surface area is 192 Å². The molecule has 3 aliphatic heterocycles.